The van der Waals surface area contributed by atoms with Crippen molar-refractivity contribution in [1.82, 2.24) is 14.8 Å². The van der Waals surface area contributed by atoms with Crippen molar-refractivity contribution in [3.8, 4) is 0 Å². The first-order chi connectivity index (χ1) is 15.3. The third-order valence-corrected chi connectivity index (χ3v) is 5.60. The molecule has 1 aromatic heterocycles. The highest BCUT2D eigenvalue weighted by Crippen LogP contribution is 2.41. The van der Waals surface area contributed by atoms with Gasteiger partial charge in [0.15, 0.2) is 0 Å². The van der Waals surface area contributed by atoms with E-state index in [9.17, 15) is 24.8 Å². The number of aromatic amines is 1. The molecule has 2 heterocycles. The molecule has 3 aromatic rings. The molecule has 32 heavy (non-hydrogen) atoms. The van der Waals surface area contributed by atoms with Crippen LogP contribution in [0, 0.1) is 10.1 Å². The summed E-state index contributed by atoms with van der Waals surface area (Å²) in [6.07, 6.45) is 1.74. The summed E-state index contributed by atoms with van der Waals surface area (Å²) in [6.45, 7) is 0.822. The standard InChI is InChI=1S/C23H22N4O5/c1-25(2)11-12-26-20(17-13-24-18-6-4-3-5-16(17)18)19(22(29)23(26)30)21(28)14-7-9-15(10-8-14)27(31)32/h3-10,13,20,24,28H,11-12H2,1-2H3/b21-19+. The van der Waals surface area contributed by atoms with E-state index in [1.54, 1.807) is 6.20 Å². The lowest BCUT2D eigenvalue weighted by molar-refractivity contribution is -0.384. The SMILES string of the molecule is CN(C)CCN1C(=O)C(=O)/C(=C(/O)c2ccc([N+](=O)[O-])cc2)C1c1c[nH]c2ccccc12. The first kappa shape index (κ1) is 21.3. The Hall–Kier alpha value is -3.98. The molecule has 1 amide bonds. The molecule has 1 fully saturated rings. The Morgan fingerprint density at radius 3 is 2.50 bits per heavy atom. The Labute approximate surface area is 183 Å². The van der Waals surface area contributed by atoms with Gasteiger partial charge < -0.3 is 19.9 Å². The van der Waals surface area contributed by atoms with Crippen LogP contribution in [0.15, 0.2) is 60.3 Å². The van der Waals surface area contributed by atoms with Crippen LogP contribution in [-0.2, 0) is 9.59 Å². The second kappa shape index (κ2) is 8.27. The van der Waals surface area contributed by atoms with Crippen LogP contribution in [-0.4, -0.2) is 63.7 Å². The summed E-state index contributed by atoms with van der Waals surface area (Å²) in [5.74, 6) is -1.83. The minimum atomic E-state index is -0.790. The fraction of sp³-hybridized carbons (Fsp3) is 0.217. The number of fused-ring (bicyclic) bond motifs is 1. The number of aliphatic hydroxyl groups is 1. The van der Waals surface area contributed by atoms with Crippen molar-refractivity contribution >= 4 is 34.0 Å². The van der Waals surface area contributed by atoms with Crippen molar-refractivity contribution in [2.24, 2.45) is 0 Å². The number of likely N-dealkylation sites (N-methyl/N-ethyl adjacent to an activating group) is 1. The number of benzene rings is 2. The molecule has 2 aromatic carbocycles. The van der Waals surface area contributed by atoms with Gasteiger partial charge in [-0.25, -0.2) is 0 Å². The molecule has 1 aliphatic heterocycles. The van der Waals surface area contributed by atoms with Gasteiger partial charge in [-0.15, -0.1) is 0 Å². The number of hydrogen-bond donors (Lipinski definition) is 2. The third kappa shape index (κ3) is 3.63. The van der Waals surface area contributed by atoms with E-state index in [4.69, 9.17) is 0 Å². The van der Waals surface area contributed by atoms with Gasteiger partial charge in [0.1, 0.15) is 5.76 Å². The zero-order chi connectivity index (χ0) is 23.0. The number of Topliss-reactive ketones (excluding diaryl/α,β-unsaturated/α-hetero) is 1. The number of ketones is 1. The third-order valence-electron chi connectivity index (χ3n) is 5.60. The van der Waals surface area contributed by atoms with Gasteiger partial charge in [0.2, 0.25) is 0 Å². The van der Waals surface area contributed by atoms with Crippen molar-refractivity contribution in [3.63, 3.8) is 0 Å². The van der Waals surface area contributed by atoms with Gasteiger partial charge in [0.05, 0.1) is 16.5 Å². The number of nitro groups is 1. The maximum atomic E-state index is 13.1. The van der Waals surface area contributed by atoms with E-state index in [1.807, 2.05) is 43.3 Å². The maximum absolute atomic E-state index is 13.1. The number of nitrogens with one attached hydrogen (secondary N) is 1. The number of para-hydroxylation sites is 1. The van der Waals surface area contributed by atoms with Gasteiger partial charge in [-0.1, -0.05) is 18.2 Å². The van der Waals surface area contributed by atoms with Gasteiger partial charge >= 0.3 is 0 Å². The smallest absolute Gasteiger partial charge is 0.295 e. The molecule has 0 radical (unpaired) electrons. The number of H-pyrrole nitrogens is 1. The van der Waals surface area contributed by atoms with Gasteiger partial charge in [-0.2, -0.15) is 0 Å². The van der Waals surface area contributed by atoms with E-state index >= 15 is 0 Å². The quantitative estimate of drug-likeness (QED) is 0.202. The molecule has 164 valence electrons. The average Bonchev–Trinajstić information content (AvgIpc) is 3.30. The van der Waals surface area contributed by atoms with Crippen LogP contribution in [0.4, 0.5) is 5.69 Å². The average molecular weight is 434 g/mol. The number of non-ortho nitro benzene ring substituents is 1. The fourth-order valence-corrected chi connectivity index (χ4v) is 3.96. The largest absolute Gasteiger partial charge is 0.507 e. The number of nitro benzene ring substituents is 1. The molecule has 9 nitrogen and oxygen atoms in total. The molecular formula is C23H22N4O5. The predicted octanol–water partition coefficient (Wildman–Crippen LogP) is 3.06. The zero-order valence-electron chi connectivity index (χ0n) is 17.6. The topological polar surface area (TPSA) is 120 Å². The van der Waals surface area contributed by atoms with Crippen LogP contribution in [0.5, 0.6) is 0 Å². The number of carbonyl (C=O) groups is 2. The van der Waals surface area contributed by atoms with E-state index in [-0.39, 0.29) is 22.6 Å². The Balaban J connectivity index is 1.88. The van der Waals surface area contributed by atoms with Gasteiger partial charge in [-0.3, -0.25) is 19.7 Å². The van der Waals surface area contributed by atoms with Crippen LogP contribution < -0.4 is 0 Å². The summed E-state index contributed by atoms with van der Waals surface area (Å²) in [5, 5.41) is 22.9. The molecule has 4 rings (SSSR count). The summed E-state index contributed by atoms with van der Waals surface area (Å²) >= 11 is 0. The summed E-state index contributed by atoms with van der Waals surface area (Å²) in [4.78, 5) is 43.0. The molecule has 2 N–H and O–H groups in total. The molecule has 0 spiro atoms. The van der Waals surface area contributed by atoms with E-state index < -0.39 is 22.7 Å². The number of aliphatic hydroxyl groups excluding tert-OH is 1. The molecule has 1 saturated heterocycles. The minimum absolute atomic E-state index is 0.0348. The molecular weight excluding hydrogens is 412 g/mol. The summed E-state index contributed by atoms with van der Waals surface area (Å²) in [6, 6.07) is 12.0. The Morgan fingerprint density at radius 1 is 1.16 bits per heavy atom. The number of rotatable bonds is 6. The van der Waals surface area contributed by atoms with Crippen molar-refractivity contribution in [2.75, 3.05) is 27.2 Å². The van der Waals surface area contributed by atoms with Crippen LogP contribution >= 0.6 is 0 Å². The van der Waals surface area contributed by atoms with E-state index in [0.29, 0.717) is 18.7 Å². The molecule has 0 aliphatic carbocycles. The second-order valence-corrected chi connectivity index (χ2v) is 7.89. The van der Waals surface area contributed by atoms with Crippen molar-refractivity contribution in [2.45, 2.75) is 6.04 Å². The molecule has 0 bridgehead atoms. The predicted molar refractivity (Wildman–Crippen MR) is 119 cm³/mol. The number of amides is 1. The first-order valence-corrected chi connectivity index (χ1v) is 10.0. The Kier molecular flexibility index (Phi) is 5.50. The van der Waals surface area contributed by atoms with Crippen LogP contribution in [0.1, 0.15) is 17.2 Å². The van der Waals surface area contributed by atoms with Gasteiger partial charge in [0.25, 0.3) is 17.4 Å². The molecule has 1 aliphatic rings. The maximum Gasteiger partial charge on any atom is 0.295 e. The first-order valence-electron chi connectivity index (χ1n) is 10.0. The van der Waals surface area contributed by atoms with Crippen molar-refractivity contribution in [1.29, 1.82) is 0 Å². The molecule has 0 saturated carbocycles. The van der Waals surface area contributed by atoms with E-state index in [0.717, 1.165) is 10.9 Å². The van der Waals surface area contributed by atoms with Gasteiger partial charge in [0, 0.05) is 53.4 Å². The second-order valence-electron chi connectivity index (χ2n) is 7.89. The lowest BCUT2D eigenvalue weighted by Crippen LogP contribution is -2.35. The number of nitrogens with zero attached hydrogens (tertiary/aromatic N) is 3. The monoisotopic (exact) mass is 434 g/mol. The summed E-state index contributed by atoms with van der Waals surface area (Å²) in [5.41, 5.74) is 1.60. The molecule has 9 heteroatoms. The van der Waals surface area contributed by atoms with E-state index in [2.05, 4.69) is 4.98 Å². The minimum Gasteiger partial charge on any atom is -0.507 e. The number of hydrogen-bond acceptors (Lipinski definition) is 6. The highest BCUT2D eigenvalue weighted by Gasteiger charge is 2.46. The molecule has 1 unspecified atom stereocenters. The Morgan fingerprint density at radius 2 is 1.84 bits per heavy atom. The van der Waals surface area contributed by atoms with Gasteiger partial charge in [-0.05, 0) is 32.3 Å². The van der Waals surface area contributed by atoms with Crippen molar-refractivity contribution < 1.29 is 19.6 Å². The normalized spacial score (nSPS) is 18.1. The zero-order valence-corrected chi connectivity index (χ0v) is 17.6. The van der Waals surface area contributed by atoms with Crippen molar-refractivity contribution in [3.05, 3.63) is 81.5 Å². The van der Waals surface area contributed by atoms with Crippen LogP contribution in [0.3, 0.4) is 0 Å². The summed E-state index contributed by atoms with van der Waals surface area (Å²) in [7, 11) is 3.74. The highest BCUT2D eigenvalue weighted by molar-refractivity contribution is 6.46. The van der Waals surface area contributed by atoms with Crippen LogP contribution in [0.25, 0.3) is 16.7 Å². The highest BCUT2D eigenvalue weighted by atomic mass is 16.6. The lowest BCUT2D eigenvalue weighted by Gasteiger charge is -2.26. The van der Waals surface area contributed by atoms with Crippen LogP contribution in [0.2, 0.25) is 0 Å². The lowest BCUT2D eigenvalue weighted by atomic mass is 9.95. The molecule has 1 atom stereocenters. The Bertz CT molecular complexity index is 1240. The number of aromatic nitrogens is 1. The van der Waals surface area contributed by atoms with E-state index in [1.165, 1.54) is 29.2 Å². The number of likely N-dealkylation sites (tertiary alicyclic amines) is 1. The number of carbonyl (C=O) groups excluding carboxylic acids is 2. The fourth-order valence-electron chi connectivity index (χ4n) is 3.96. The summed E-state index contributed by atoms with van der Waals surface area (Å²) < 4.78 is 0.